The molecular weight excluding hydrogens is 261 g/mol. The van der Waals surface area contributed by atoms with Crippen LogP contribution in [0.15, 0.2) is 18.2 Å². The number of nitrogens with zero attached hydrogens (tertiary/aromatic N) is 1. The van der Waals surface area contributed by atoms with Crippen LogP contribution >= 0.6 is 0 Å². The highest BCUT2D eigenvalue weighted by molar-refractivity contribution is 5.37. The van der Waals surface area contributed by atoms with E-state index in [2.05, 4.69) is 11.8 Å². The second-order valence-corrected chi connectivity index (χ2v) is 4.91. The third-order valence-corrected chi connectivity index (χ3v) is 3.25. The van der Waals surface area contributed by atoms with Crippen LogP contribution in [0.5, 0.6) is 0 Å². The highest BCUT2D eigenvalue weighted by Gasteiger charge is 2.29. The molecule has 2 rings (SSSR count). The minimum absolute atomic E-state index is 0.00677. The number of likely N-dealkylation sites (tertiary alicyclic amines) is 1. The van der Waals surface area contributed by atoms with Crippen molar-refractivity contribution in [1.29, 1.82) is 0 Å². The maximum Gasteiger partial charge on any atom is 0.128 e. The van der Waals surface area contributed by atoms with Gasteiger partial charge in [-0.25, -0.2) is 4.39 Å². The normalized spacial score (nSPS) is 22.6. The average molecular weight is 279 g/mol. The standard InChI is InChI=1S/C15H18FNO3/c16-13-7-11(3-1-2-6-18)4-5-12(13)8-17-9-14(19)15(20)10-17/h4-5,7,14-15,18-20H,2,6,8-10H2. The molecule has 0 aliphatic carbocycles. The zero-order valence-corrected chi connectivity index (χ0v) is 11.1. The van der Waals surface area contributed by atoms with Gasteiger partial charge in [-0.1, -0.05) is 17.9 Å². The van der Waals surface area contributed by atoms with E-state index in [-0.39, 0.29) is 12.4 Å². The Balaban J connectivity index is 2.02. The summed E-state index contributed by atoms with van der Waals surface area (Å²) < 4.78 is 13.9. The van der Waals surface area contributed by atoms with Gasteiger partial charge in [-0.05, 0) is 12.1 Å². The van der Waals surface area contributed by atoms with Crippen molar-refractivity contribution >= 4 is 0 Å². The van der Waals surface area contributed by atoms with E-state index in [9.17, 15) is 14.6 Å². The Kier molecular flexibility index (Phi) is 5.10. The highest BCUT2D eigenvalue weighted by atomic mass is 19.1. The van der Waals surface area contributed by atoms with E-state index in [0.717, 1.165) is 0 Å². The summed E-state index contributed by atoms with van der Waals surface area (Å²) >= 11 is 0. The van der Waals surface area contributed by atoms with Crippen molar-refractivity contribution in [3.05, 3.63) is 35.1 Å². The van der Waals surface area contributed by atoms with Crippen molar-refractivity contribution < 1.29 is 19.7 Å². The molecule has 0 radical (unpaired) electrons. The van der Waals surface area contributed by atoms with Crippen LogP contribution in [0, 0.1) is 17.7 Å². The van der Waals surface area contributed by atoms with E-state index in [1.54, 1.807) is 12.1 Å². The maximum atomic E-state index is 13.9. The molecule has 1 fully saturated rings. The summed E-state index contributed by atoms with van der Waals surface area (Å²) in [6.45, 7) is 1.04. The van der Waals surface area contributed by atoms with Crippen molar-refractivity contribution in [3.8, 4) is 11.8 Å². The molecule has 4 nitrogen and oxygen atoms in total. The number of aliphatic hydroxyl groups is 3. The van der Waals surface area contributed by atoms with Crippen molar-refractivity contribution in [2.75, 3.05) is 19.7 Å². The fourth-order valence-corrected chi connectivity index (χ4v) is 2.19. The Morgan fingerprint density at radius 3 is 2.55 bits per heavy atom. The molecule has 20 heavy (non-hydrogen) atoms. The van der Waals surface area contributed by atoms with Crippen LogP contribution in [0.4, 0.5) is 4.39 Å². The summed E-state index contributed by atoms with van der Waals surface area (Å²) in [6, 6.07) is 4.75. The number of β-amino-alcohol motifs (C(OH)–C–C–N with tert-alkyl or cyclic N) is 2. The van der Waals surface area contributed by atoms with Gasteiger partial charge >= 0.3 is 0 Å². The van der Waals surface area contributed by atoms with Gasteiger partial charge < -0.3 is 15.3 Å². The van der Waals surface area contributed by atoms with Crippen molar-refractivity contribution in [2.24, 2.45) is 0 Å². The van der Waals surface area contributed by atoms with Crippen LogP contribution in [-0.4, -0.2) is 52.1 Å². The molecule has 0 aromatic heterocycles. The molecule has 0 bridgehead atoms. The number of aliphatic hydroxyl groups excluding tert-OH is 3. The van der Waals surface area contributed by atoms with Gasteiger partial charge in [-0.3, -0.25) is 4.90 Å². The van der Waals surface area contributed by atoms with Crippen LogP contribution < -0.4 is 0 Å². The Morgan fingerprint density at radius 1 is 1.25 bits per heavy atom. The van der Waals surface area contributed by atoms with Gasteiger partial charge in [0.05, 0.1) is 18.8 Å². The molecule has 1 aliphatic heterocycles. The van der Waals surface area contributed by atoms with E-state index < -0.39 is 12.2 Å². The molecule has 1 saturated heterocycles. The molecule has 108 valence electrons. The van der Waals surface area contributed by atoms with E-state index in [1.807, 2.05) is 4.90 Å². The van der Waals surface area contributed by atoms with Gasteiger partial charge in [0.15, 0.2) is 0 Å². The Bertz CT molecular complexity index is 514. The fourth-order valence-electron chi connectivity index (χ4n) is 2.19. The van der Waals surface area contributed by atoms with Crippen LogP contribution in [0.2, 0.25) is 0 Å². The first-order chi connectivity index (χ1) is 9.60. The molecule has 0 saturated carbocycles. The number of hydrogen-bond acceptors (Lipinski definition) is 4. The number of benzene rings is 1. The molecule has 1 aromatic carbocycles. The topological polar surface area (TPSA) is 63.9 Å². The lowest BCUT2D eigenvalue weighted by molar-refractivity contribution is 0.0572. The Labute approximate surface area is 117 Å². The first-order valence-corrected chi connectivity index (χ1v) is 6.57. The Morgan fingerprint density at radius 2 is 1.95 bits per heavy atom. The van der Waals surface area contributed by atoms with Gasteiger partial charge in [-0.15, -0.1) is 0 Å². The van der Waals surface area contributed by atoms with E-state index in [1.165, 1.54) is 6.07 Å². The summed E-state index contributed by atoms with van der Waals surface area (Å²) in [4.78, 5) is 1.81. The predicted octanol–water partition coefficient (Wildman–Crippen LogP) is 0.0970. The lowest BCUT2D eigenvalue weighted by atomic mass is 10.1. The lowest BCUT2D eigenvalue weighted by Crippen LogP contribution is -2.22. The zero-order valence-electron chi connectivity index (χ0n) is 11.1. The molecule has 1 aliphatic rings. The molecule has 0 amide bonds. The minimum atomic E-state index is -0.762. The summed E-state index contributed by atoms with van der Waals surface area (Å²) in [5, 5.41) is 27.5. The average Bonchev–Trinajstić information content (AvgIpc) is 2.72. The summed E-state index contributed by atoms with van der Waals surface area (Å²) in [5.74, 6) is 5.17. The van der Waals surface area contributed by atoms with Crippen LogP contribution in [0.25, 0.3) is 0 Å². The van der Waals surface area contributed by atoms with Crippen LogP contribution in [-0.2, 0) is 6.54 Å². The third-order valence-electron chi connectivity index (χ3n) is 3.25. The van der Waals surface area contributed by atoms with Crippen LogP contribution in [0.3, 0.4) is 0 Å². The van der Waals surface area contributed by atoms with Crippen molar-refractivity contribution in [1.82, 2.24) is 4.90 Å². The quantitative estimate of drug-likeness (QED) is 0.687. The zero-order chi connectivity index (χ0) is 14.5. The predicted molar refractivity (Wildman–Crippen MR) is 72.3 cm³/mol. The molecule has 5 heteroatoms. The molecule has 0 spiro atoms. The van der Waals surface area contributed by atoms with E-state index in [0.29, 0.717) is 37.2 Å². The van der Waals surface area contributed by atoms with E-state index >= 15 is 0 Å². The molecule has 2 unspecified atom stereocenters. The Hall–Kier alpha value is -1.45. The second kappa shape index (κ2) is 6.82. The number of rotatable bonds is 3. The monoisotopic (exact) mass is 279 g/mol. The smallest absolute Gasteiger partial charge is 0.128 e. The van der Waals surface area contributed by atoms with Gasteiger partial charge in [0.25, 0.3) is 0 Å². The number of halogens is 1. The fraction of sp³-hybridized carbons (Fsp3) is 0.467. The summed E-state index contributed by atoms with van der Waals surface area (Å²) in [7, 11) is 0. The number of hydrogen-bond donors (Lipinski definition) is 3. The maximum absolute atomic E-state index is 13.9. The van der Waals surface area contributed by atoms with Crippen molar-refractivity contribution in [3.63, 3.8) is 0 Å². The van der Waals surface area contributed by atoms with E-state index in [4.69, 9.17) is 5.11 Å². The van der Waals surface area contributed by atoms with Gasteiger partial charge in [0.1, 0.15) is 5.82 Å². The second-order valence-electron chi connectivity index (χ2n) is 4.91. The first-order valence-electron chi connectivity index (χ1n) is 6.57. The molecule has 2 atom stereocenters. The van der Waals surface area contributed by atoms with Crippen molar-refractivity contribution in [2.45, 2.75) is 25.2 Å². The van der Waals surface area contributed by atoms with Gasteiger partial charge in [0, 0.05) is 37.2 Å². The highest BCUT2D eigenvalue weighted by Crippen LogP contribution is 2.17. The van der Waals surface area contributed by atoms with Gasteiger partial charge in [0.2, 0.25) is 0 Å². The molecule has 1 aromatic rings. The summed E-state index contributed by atoms with van der Waals surface area (Å²) in [5.41, 5.74) is 1.08. The molecule has 3 N–H and O–H groups in total. The summed E-state index contributed by atoms with van der Waals surface area (Å²) in [6.07, 6.45) is -1.16. The largest absolute Gasteiger partial charge is 0.395 e. The van der Waals surface area contributed by atoms with Gasteiger partial charge in [-0.2, -0.15) is 0 Å². The molecule has 1 heterocycles. The minimum Gasteiger partial charge on any atom is -0.395 e. The third kappa shape index (κ3) is 3.78. The SMILES string of the molecule is OCCC#Cc1ccc(CN2CC(O)C(O)C2)c(F)c1. The first kappa shape index (κ1) is 14.9. The lowest BCUT2D eigenvalue weighted by Gasteiger charge is -2.15. The molecular formula is C15H18FNO3. The van der Waals surface area contributed by atoms with Crippen LogP contribution in [0.1, 0.15) is 17.5 Å².